The average Bonchev–Trinajstić information content (AvgIpc) is 2.68. The lowest BCUT2D eigenvalue weighted by Gasteiger charge is -2.04. The van der Waals surface area contributed by atoms with Crippen LogP contribution in [0.3, 0.4) is 0 Å². The van der Waals surface area contributed by atoms with Gasteiger partial charge in [0.05, 0.1) is 11.0 Å². The molecule has 0 N–H and O–H groups in total. The number of aromatic nitrogens is 3. The molecule has 3 rings (SSSR count). The highest BCUT2D eigenvalue weighted by Gasteiger charge is 2.12. The summed E-state index contributed by atoms with van der Waals surface area (Å²) in [5.74, 6) is 0.557. The second-order valence-corrected chi connectivity index (χ2v) is 4.32. The molecule has 0 unspecified atom stereocenters. The lowest BCUT2D eigenvalue weighted by atomic mass is 10.1. The number of benzene rings is 1. The standard InChI is InChI=1S/C14H12FN3/c1-9-5-6-16-8-11(9)14-17-12-4-3-10(15)7-13(12)18(14)2/h3-8H,1-2H3. The Morgan fingerprint density at radius 3 is 2.83 bits per heavy atom. The van der Waals surface area contributed by atoms with Crippen LogP contribution in [-0.4, -0.2) is 14.5 Å². The third-order valence-corrected chi connectivity index (χ3v) is 3.12. The van der Waals surface area contributed by atoms with E-state index in [1.54, 1.807) is 18.5 Å². The quantitative estimate of drug-likeness (QED) is 0.655. The van der Waals surface area contributed by atoms with Crippen LogP contribution in [0.4, 0.5) is 4.39 Å². The van der Waals surface area contributed by atoms with Gasteiger partial charge in [0.1, 0.15) is 11.6 Å². The lowest BCUT2D eigenvalue weighted by Crippen LogP contribution is -1.95. The molecule has 0 bridgehead atoms. The summed E-state index contributed by atoms with van der Waals surface area (Å²) in [4.78, 5) is 8.66. The minimum Gasteiger partial charge on any atom is -0.327 e. The van der Waals surface area contributed by atoms with Crippen molar-refractivity contribution in [1.29, 1.82) is 0 Å². The fourth-order valence-electron chi connectivity index (χ4n) is 2.10. The molecule has 2 heterocycles. The molecule has 3 nitrogen and oxygen atoms in total. The summed E-state index contributed by atoms with van der Waals surface area (Å²) in [6.07, 6.45) is 3.54. The van der Waals surface area contributed by atoms with Crippen molar-refractivity contribution in [3.63, 3.8) is 0 Å². The largest absolute Gasteiger partial charge is 0.327 e. The molecule has 0 atom stereocenters. The highest BCUT2D eigenvalue weighted by molar-refractivity contribution is 5.81. The van der Waals surface area contributed by atoms with Crippen LogP contribution < -0.4 is 0 Å². The van der Waals surface area contributed by atoms with Gasteiger partial charge in [-0.1, -0.05) is 0 Å². The molecule has 2 aromatic heterocycles. The molecule has 0 aliphatic rings. The van der Waals surface area contributed by atoms with E-state index in [0.29, 0.717) is 0 Å². The van der Waals surface area contributed by atoms with E-state index in [9.17, 15) is 4.39 Å². The van der Waals surface area contributed by atoms with E-state index in [1.807, 2.05) is 24.6 Å². The summed E-state index contributed by atoms with van der Waals surface area (Å²) in [7, 11) is 1.89. The molecule has 0 aliphatic carbocycles. The monoisotopic (exact) mass is 241 g/mol. The highest BCUT2D eigenvalue weighted by Crippen LogP contribution is 2.25. The van der Waals surface area contributed by atoms with Crippen molar-refractivity contribution < 1.29 is 4.39 Å². The molecule has 4 heteroatoms. The zero-order valence-electron chi connectivity index (χ0n) is 10.2. The number of imidazole rings is 1. The van der Waals surface area contributed by atoms with E-state index in [1.165, 1.54) is 12.1 Å². The van der Waals surface area contributed by atoms with Gasteiger partial charge in [0.15, 0.2) is 0 Å². The first kappa shape index (κ1) is 10.9. The zero-order valence-corrected chi connectivity index (χ0v) is 10.2. The van der Waals surface area contributed by atoms with Crippen LogP contribution in [0.5, 0.6) is 0 Å². The Kier molecular flexibility index (Phi) is 2.37. The van der Waals surface area contributed by atoms with Gasteiger partial charge in [-0.05, 0) is 36.8 Å². The van der Waals surface area contributed by atoms with E-state index in [4.69, 9.17) is 0 Å². The van der Waals surface area contributed by atoms with Crippen LogP contribution in [0, 0.1) is 12.7 Å². The Bertz CT molecular complexity index is 731. The minimum atomic E-state index is -0.250. The first-order chi connectivity index (χ1) is 8.66. The Balaban J connectivity index is 2.31. The number of halogens is 1. The lowest BCUT2D eigenvalue weighted by molar-refractivity contribution is 0.629. The van der Waals surface area contributed by atoms with Gasteiger partial charge in [0.2, 0.25) is 0 Å². The van der Waals surface area contributed by atoms with Crippen LogP contribution in [0.2, 0.25) is 0 Å². The number of pyridine rings is 1. The van der Waals surface area contributed by atoms with Crippen molar-refractivity contribution in [3.05, 3.63) is 48.0 Å². The predicted molar refractivity (Wildman–Crippen MR) is 68.6 cm³/mol. The van der Waals surface area contributed by atoms with E-state index >= 15 is 0 Å². The number of hydrogen-bond acceptors (Lipinski definition) is 2. The maximum atomic E-state index is 13.3. The molecule has 0 aliphatic heterocycles. The van der Waals surface area contributed by atoms with Crippen LogP contribution in [0.15, 0.2) is 36.7 Å². The van der Waals surface area contributed by atoms with Crippen molar-refractivity contribution >= 4 is 11.0 Å². The smallest absolute Gasteiger partial charge is 0.142 e. The Labute approximate surface area is 104 Å². The number of fused-ring (bicyclic) bond motifs is 1. The molecule has 90 valence electrons. The van der Waals surface area contributed by atoms with E-state index < -0.39 is 0 Å². The van der Waals surface area contributed by atoms with Gasteiger partial charge in [-0.15, -0.1) is 0 Å². The summed E-state index contributed by atoms with van der Waals surface area (Å²) in [6.45, 7) is 2.01. The molecule has 0 saturated heterocycles. The molecule has 0 saturated carbocycles. The number of aryl methyl sites for hydroxylation is 2. The Morgan fingerprint density at radius 2 is 2.06 bits per heavy atom. The second kappa shape index (κ2) is 3.91. The number of rotatable bonds is 1. The Morgan fingerprint density at radius 1 is 1.22 bits per heavy atom. The van der Waals surface area contributed by atoms with Crippen LogP contribution in [0.1, 0.15) is 5.56 Å². The van der Waals surface area contributed by atoms with Gasteiger partial charge in [-0.3, -0.25) is 4.98 Å². The molecule has 0 amide bonds. The molecule has 18 heavy (non-hydrogen) atoms. The van der Waals surface area contributed by atoms with E-state index in [-0.39, 0.29) is 5.82 Å². The van der Waals surface area contributed by atoms with Crippen molar-refractivity contribution in [2.45, 2.75) is 6.92 Å². The van der Waals surface area contributed by atoms with Gasteiger partial charge in [-0.25, -0.2) is 9.37 Å². The van der Waals surface area contributed by atoms with Crippen molar-refractivity contribution in [3.8, 4) is 11.4 Å². The maximum Gasteiger partial charge on any atom is 0.142 e. The number of hydrogen-bond donors (Lipinski definition) is 0. The van der Waals surface area contributed by atoms with Crippen LogP contribution in [-0.2, 0) is 7.05 Å². The Hall–Kier alpha value is -2.23. The van der Waals surface area contributed by atoms with Gasteiger partial charge >= 0.3 is 0 Å². The van der Waals surface area contributed by atoms with Crippen molar-refractivity contribution in [2.75, 3.05) is 0 Å². The van der Waals surface area contributed by atoms with Gasteiger partial charge in [-0.2, -0.15) is 0 Å². The summed E-state index contributed by atoms with van der Waals surface area (Å²) in [5.41, 5.74) is 3.64. The highest BCUT2D eigenvalue weighted by atomic mass is 19.1. The first-order valence-corrected chi connectivity index (χ1v) is 5.70. The van der Waals surface area contributed by atoms with Gasteiger partial charge in [0.25, 0.3) is 0 Å². The number of nitrogens with zero attached hydrogens (tertiary/aromatic N) is 3. The molecular weight excluding hydrogens is 229 g/mol. The third kappa shape index (κ3) is 1.57. The SMILES string of the molecule is Cc1ccncc1-c1nc2ccc(F)cc2n1C. The first-order valence-electron chi connectivity index (χ1n) is 5.70. The van der Waals surface area contributed by atoms with Crippen LogP contribution in [0.25, 0.3) is 22.4 Å². The van der Waals surface area contributed by atoms with Crippen LogP contribution >= 0.6 is 0 Å². The third-order valence-electron chi connectivity index (χ3n) is 3.12. The summed E-state index contributed by atoms with van der Waals surface area (Å²) in [5, 5.41) is 0. The summed E-state index contributed by atoms with van der Waals surface area (Å²) < 4.78 is 15.1. The fraction of sp³-hybridized carbons (Fsp3) is 0.143. The predicted octanol–water partition coefficient (Wildman–Crippen LogP) is 3.08. The van der Waals surface area contributed by atoms with Gasteiger partial charge < -0.3 is 4.57 Å². The molecular formula is C14H12FN3. The van der Waals surface area contributed by atoms with Crippen molar-refractivity contribution in [1.82, 2.24) is 14.5 Å². The average molecular weight is 241 g/mol. The topological polar surface area (TPSA) is 30.7 Å². The normalized spacial score (nSPS) is 11.1. The second-order valence-electron chi connectivity index (χ2n) is 4.32. The molecule has 0 radical (unpaired) electrons. The fourth-order valence-corrected chi connectivity index (χ4v) is 2.10. The molecule has 0 fully saturated rings. The minimum absolute atomic E-state index is 0.250. The van der Waals surface area contributed by atoms with Gasteiger partial charge in [0, 0.05) is 25.0 Å². The summed E-state index contributed by atoms with van der Waals surface area (Å²) in [6, 6.07) is 6.56. The summed E-state index contributed by atoms with van der Waals surface area (Å²) >= 11 is 0. The molecule has 0 spiro atoms. The molecule has 3 aromatic rings. The zero-order chi connectivity index (χ0) is 12.7. The van der Waals surface area contributed by atoms with E-state index in [2.05, 4.69) is 9.97 Å². The van der Waals surface area contributed by atoms with Crippen molar-refractivity contribution in [2.24, 2.45) is 7.05 Å². The molecule has 1 aromatic carbocycles. The van der Waals surface area contributed by atoms with E-state index in [0.717, 1.165) is 28.0 Å². The maximum absolute atomic E-state index is 13.3.